The van der Waals surface area contributed by atoms with Gasteiger partial charge in [0.1, 0.15) is 5.82 Å². The molecule has 2 rings (SSSR count). The van der Waals surface area contributed by atoms with Crippen LogP contribution in [0.5, 0.6) is 0 Å². The van der Waals surface area contributed by atoms with E-state index in [2.05, 4.69) is 4.98 Å². The van der Waals surface area contributed by atoms with Gasteiger partial charge in [0, 0.05) is 25.2 Å². The molecule has 1 aromatic rings. The van der Waals surface area contributed by atoms with Crippen LogP contribution >= 0.6 is 0 Å². The molecule has 6 heteroatoms. The minimum atomic E-state index is -0.678. The Kier molecular flexibility index (Phi) is 3.54. The van der Waals surface area contributed by atoms with Crippen molar-refractivity contribution in [3.63, 3.8) is 0 Å². The topological polar surface area (TPSA) is 51.4 Å². The number of morpholine rings is 1. The molecule has 2 heterocycles. The largest absolute Gasteiger partial charge is 0.373 e. The SMILES string of the molecule is CC(N)C1CN(c2ncc(F)cc2F)CCO1. The van der Waals surface area contributed by atoms with Crippen molar-refractivity contribution in [2.45, 2.75) is 19.1 Å². The van der Waals surface area contributed by atoms with E-state index >= 15 is 0 Å². The van der Waals surface area contributed by atoms with Crippen LogP contribution < -0.4 is 10.6 Å². The zero-order chi connectivity index (χ0) is 12.4. The Morgan fingerprint density at radius 3 is 3.00 bits per heavy atom. The Balaban J connectivity index is 2.16. The van der Waals surface area contributed by atoms with Gasteiger partial charge in [-0.25, -0.2) is 13.8 Å². The van der Waals surface area contributed by atoms with Crippen molar-refractivity contribution < 1.29 is 13.5 Å². The first kappa shape index (κ1) is 12.2. The van der Waals surface area contributed by atoms with E-state index in [0.29, 0.717) is 19.7 Å². The van der Waals surface area contributed by atoms with Gasteiger partial charge in [0.25, 0.3) is 0 Å². The first-order chi connectivity index (χ1) is 8.08. The number of halogens is 2. The van der Waals surface area contributed by atoms with Gasteiger partial charge in [-0.15, -0.1) is 0 Å². The van der Waals surface area contributed by atoms with E-state index in [-0.39, 0.29) is 18.0 Å². The molecule has 0 spiro atoms. The highest BCUT2D eigenvalue weighted by Crippen LogP contribution is 2.20. The number of rotatable bonds is 2. The number of nitrogens with zero attached hydrogens (tertiary/aromatic N) is 2. The second-order valence-electron chi connectivity index (χ2n) is 4.17. The first-order valence-corrected chi connectivity index (χ1v) is 5.51. The van der Waals surface area contributed by atoms with Crippen LogP contribution in [0.1, 0.15) is 6.92 Å². The van der Waals surface area contributed by atoms with Crippen LogP contribution in [0.4, 0.5) is 14.6 Å². The van der Waals surface area contributed by atoms with E-state index in [1.807, 2.05) is 6.92 Å². The standard InChI is InChI=1S/C11H15F2N3O/c1-7(14)10-6-16(2-3-17-10)11-9(13)4-8(12)5-15-11/h4-5,7,10H,2-3,6,14H2,1H3. The molecule has 1 fully saturated rings. The summed E-state index contributed by atoms with van der Waals surface area (Å²) < 4.78 is 31.8. The van der Waals surface area contributed by atoms with Gasteiger partial charge in [-0.3, -0.25) is 0 Å². The summed E-state index contributed by atoms with van der Waals surface area (Å²) in [6, 6.07) is 0.694. The highest BCUT2D eigenvalue weighted by atomic mass is 19.1. The lowest BCUT2D eigenvalue weighted by molar-refractivity contribution is 0.0271. The van der Waals surface area contributed by atoms with Crippen molar-refractivity contribution in [3.8, 4) is 0 Å². The zero-order valence-electron chi connectivity index (χ0n) is 9.57. The summed E-state index contributed by atoms with van der Waals surface area (Å²) in [6.45, 7) is 3.29. The number of anilines is 1. The number of aromatic nitrogens is 1. The van der Waals surface area contributed by atoms with Gasteiger partial charge in [0.05, 0.1) is 18.9 Å². The predicted octanol–water partition coefficient (Wildman–Crippen LogP) is 0.912. The van der Waals surface area contributed by atoms with Crippen LogP contribution in [0.15, 0.2) is 12.3 Å². The monoisotopic (exact) mass is 243 g/mol. The molecule has 0 aliphatic carbocycles. The fourth-order valence-corrected chi connectivity index (χ4v) is 1.83. The summed E-state index contributed by atoms with van der Waals surface area (Å²) in [5.41, 5.74) is 5.74. The molecule has 94 valence electrons. The van der Waals surface area contributed by atoms with Crippen molar-refractivity contribution in [3.05, 3.63) is 23.9 Å². The lowest BCUT2D eigenvalue weighted by atomic mass is 10.1. The summed E-state index contributed by atoms with van der Waals surface area (Å²) in [5, 5.41) is 0. The van der Waals surface area contributed by atoms with Crippen LogP contribution in [0.2, 0.25) is 0 Å². The van der Waals surface area contributed by atoms with E-state index in [1.54, 1.807) is 4.90 Å². The maximum absolute atomic E-state index is 13.5. The van der Waals surface area contributed by atoms with Crippen molar-refractivity contribution in [1.29, 1.82) is 0 Å². The molecule has 1 aliphatic heterocycles. The molecule has 2 atom stereocenters. The Morgan fingerprint density at radius 2 is 2.35 bits per heavy atom. The number of hydrogen-bond donors (Lipinski definition) is 1. The number of pyridine rings is 1. The zero-order valence-corrected chi connectivity index (χ0v) is 9.57. The molecule has 1 saturated heterocycles. The predicted molar refractivity (Wildman–Crippen MR) is 59.8 cm³/mol. The lowest BCUT2D eigenvalue weighted by Crippen LogP contribution is -2.50. The third-order valence-electron chi connectivity index (χ3n) is 2.77. The fourth-order valence-electron chi connectivity index (χ4n) is 1.83. The third-order valence-corrected chi connectivity index (χ3v) is 2.77. The van der Waals surface area contributed by atoms with Crippen LogP contribution in [0.3, 0.4) is 0 Å². The Morgan fingerprint density at radius 1 is 1.59 bits per heavy atom. The van der Waals surface area contributed by atoms with E-state index in [4.69, 9.17) is 10.5 Å². The Labute approximate surface area is 98.4 Å². The second kappa shape index (κ2) is 4.93. The maximum atomic E-state index is 13.5. The van der Waals surface area contributed by atoms with Crippen molar-refractivity contribution in [2.75, 3.05) is 24.6 Å². The number of nitrogens with two attached hydrogens (primary N) is 1. The van der Waals surface area contributed by atoms with Crippen molar-refractivity contribution >= 4 is 5.82 Å². The van der Waals surface area contributed by atoms with Gasteiger partial charge in [0.2, 0.25) is 0 Å². The molecule has 2 N–H and O–H groups in total. The Hall–Kier alpha value is -1.27. The van der Waals surface area contributed by atoms with Crippen LogP contribution in [0, 0.1) is 11.6 Å². The molecule has 2 unspecified atom stereocenters. The highest BCUT2D eigenvalue weighted by molar-refractivity contribution is 5.40. The summed E-state index contributed by atoms with van der Waals surface area (Å²) in [7, 11) is 0. The third kappa shape index (κ3) is 2.70. The first-order valence-electron chi connectivity index (χ1n) is 5.51. The number of ether oxygens (including phenoxy) is 1. The van der Waals surface area contributed by atoms with E-state index in [0.717, 1.165) is 12.3 Å². The van der Waals surface area contributed by atoms with Crippen molar-refractivity contribution in [2.24, 2.45) is 5.73 Å². The van der Waals surface area contributed by atoms with Gasteiger partial charge >= 0.3 is 0 Å². The van der Waals surface area contributed by atoms with Crippen LogP contribution in [0.25, 0.3) is 0 Å². The molecule has 0 radical (unpaired) electrons. The number of hydrogen-bond acceptors (Lipinski definition) is 4. The molecule has 1 aromatic heterocycles. The van der Waals surface area contributed by atoms with E-state index < -0.39 is 11.6 Å². The van der Waals surface area contributed by atoms with Gasteiger partial charge in [-0.05, 0) is 6.92 Å². The van der Waals surface area contributed by atoms with Gasteiger partial charge in [0.15, 0.2) is 11.6 Å². The van der Waals surface area contributed by atoms with Crippen LogP contribution in [-0.2, 0) is 4.74 Å². The fraction of sp³-hybridized carbons (Fsp3) is 0.545. The summed E-state index contributed by atoms with van der Waals surface area (Å²) in [4.78, 5) is 5.50. The summed E-state index contributed by atoms with van der Waals surface area (Å²) in [5.74, 6) is -1.18. The maximum Gasteiger partial charge on any atom is 0.168 e. The Bertz CT molecular complexity index is 400. The minimum absolute atomic E-state index is 0.138. The van der Waals surface area contributed by atoms with Crippen molar-refractivity contribution in [1.82, 2.24) is 4.98 Å². The molecule has 0 saturated carbocycles. The van der Waals surface area contributed by atoms with E-state index in [1.165, 1.54) is 0 Å². The molecule has 4 nitrogen and oxygen atoms in total. The average Bonchev–Trinajstić information content (AvgIpc) is 2.29. The van der Waals surface area contributed by atoms with Gasteiger partial charge in [-0.2, -0.15) is 0 Å². The summed E-state index contributed by atoms with van der Waals surface area (Å²) in [6.07, 6.45) is 0.851. The molecule has 0 bridgehead atoms. The molecular formula is C11H15F2N3O. The minimum Gasteiger partial charge on any atom is -0.373 e. The normalized spacial score (nSPS) is 22.6. The highest BCUT2D eigenvalue weighted by Gasteiger charge is 2.25. The van der Waals surface area contributed by atoms with Crippen LogP contribution in [-0.4, -0.2) is 36.8 Å². The van der Waals surface area contributed by atoms with E-state index in [9.17, 15) is 8.78 Å². The molecule has 0 amide bonds. The lowest BCUT2D eigenvalue weighted by Gasteiger charge is -2.35. The van der Waals surface area contributed by atoms with Gasteiger partial charge in [-0.1, -0.05) is 0 Å². The smallest absolute Gasteiger partial charge is 0.168 e. The molecule has 17 heavy (non-hydrogen) atoms. The molecule has 1 aliphatic rings. The molecular weight excluding hydrogens is 228 g/mol. The quantitative estimate of drug-likeness (QED) is 0.839. The van der Waals surface area contributed by atoms with Gasteiger partial charge < -0.3 is 15.4 Å². The second-order valence-corrected chi connectivity index (χ2v) is 4.17. The summed E-state index contributed by atoms with van der Waals surface area (Å²) >= 11 is 0. The average molecular weight is 243 g/mol. The molecule has 0 aromatic carbocycles.